The van der Waals surface area contributed by atoms with E-state index in [9.17, 15) is 19.5 Å². The Labute approximate surface area is 457 Å². The van der Waals surface area contributed by atoms with E-state index >= 15 is 0 Å². The number of carbonyl (C=O) groups is 3. The number of aliphatic carboxylic acids is 1. The molecule has 2 atom stereocenters. The van der Waals surface area contributed by atoms with Gasteiger partial charge in [-0.3, -0.25) is 9.59 Å². The third-order valence-electron chi connectivity index (χ3n) is 13.8. The summed E-state index contributed by atoms with van der Waals surface area (Å²) in [5.74, 6) is -1.98. The van der Waals surface area contributed by atoms with E-state index in [1.54, 1.807) is 0 Å². The predicted molar refractivity (Wildman–Crippen MR) is 314 cm³/mol. The lowest BCUT2D eigenvalue weighted by atomic mass is 10.0. The third kappa shape index (κ3) is 57.0. The molecular weight excluding hydrogens is 923 g/mol. The van der Waals surface area contributed by atoms with Gasteiger partial charge in [0.05, 0.1) is 34.4 Å². The van der Waals surface area contributed by atoms with Gasteiger partial charge in [-0.25, -0.2) is 4.79 Å². The molecule has 0 saturated carbocycles. The second-order valence-electron chi connectivity index (χ2n) is 22.3. The van der Waals surface area contributed by atoms with Crippen LogP contribution in [0.2, 0.25) is 0 Å². The quantitative estimate of drug-likeness (QED) is 0.0211. The molecule has 9 nitrogen and oxygen atoms in total. The second kappa shape index (κ2) is 56.5. The van der Waals surface area contributed by atoms with Crippen LogP contribution in [0.3, 0.4) is 0 Å². The van der Waals surface area contributed by atoms with Crippen molar-refractivity contribution in [3.63, 3.8) is 0 Å². The first-order chi connectivity index (χ1) is 36.1. The van der Waals surface area contributed by atoms with Crippen LogP contribution in [0, 0.1) is 0 Å². The first-order valence-electron chi connectivity index (χ1n) is 31.3. The molecule has 0 bridgehead atoms. The van der Waals surface area contributed by atoms with Crippen molar-refractivity contribution in [2.24, 2.45) is 0 Å². The second-order valence-corrected chi connectivity index (χ2v) is 22.3. The number of rotatable bonds is 58. The summed E-state index contributed by atoms with van der Waals surface area (Å²) in [5, 5.41) is 9.70. The topological polar surface area (TPSA) is 108 Å². The monoisotopic (exact) mass is 1040 g/mol. The highest BCUT2D eigenvalue weighted by Gasteiger charge is 2.25. The summed E-state index contributed by atoms with van der Waals surface area (Å²) in [7, 11) is 5.98. The van der Waals surface area contributed by atoms with E-state index in [4.69, 9.17) is 18.9 Å². The van der Waals surface area contributed by atoms with Crippen LogP contribution in [0.4, 0.5) is 0 Å². The maximum absolute atomic E-state index is 12.9. The van der Waals surface area contributed by atoms with Gasteiger partial charge in [0.2, 0.25) is 0 Å². The van der Waals surface area contributed by atoms with Gasteiger partial charge < -0.3 is 28.5 Å². The zero-order valence-electron chi connectivity index (χ0n) is 49.3. The number of carbonyl (C=O) groups excluding carboxylic acids is 2. The molecule has 0 aromatic carbocycles. The van der Waals surface area contributed by atoms with Crippen LogP contribution in [0.25, 0.3) is 0 Å². The van der Waals surface area contributed by atoms with E-state index < -0.39 is 18.4 Å². The molecule has 0 aliphatic heterocycles. The number of unbranched alkanes of at least 4 members (excludes halogenated alkanes) is 35. The van der Waals surface area contributed by atoms with Crippen molar-refractivity contribution in [3.8, 4) is 0 Å². The van der Waals surface area contributed by atoms with Crippen molar-refractivity contribution in [3.05, 3.63) is 48.6 Å². The Morgan fingerprint density at radius 1 is 0.419 bits per heavy atom. The Morgan fingerprint density at radius 3 is 1.15 bits per heavy atom. The van der Waals surface area contributed by atoms with Crippen LogP contribution in [0.15, 0.2) is 48.6 Å². The molecule has 74 heavy (non-hydrogen) atoms. The van der Waals surface area contributed by atoms with Crippen molar-refractivity contribution < 1.29 is 42.9 Å². The Bertz CT molecular complexity index is 1350. The van der Waals surface area contributed by atoms with Crippen LogP contribution < -0.4 is 0 Å². The number of hydrogen-bond acceptors (Lipinski definition) is 7. The number of carboxylic acids is 1. The number of likely N-dealkylation sites (N-methyl/N-ethyl adjacent to an activating group) is 1. The summed E-state index contributed by atoms with van der Waals surface area (Å²) in [6, 6.07) is 0. The van der Waals surface area contributed by atoms with E-state index in [-0.39, 0.29) is 38.2 Å². The Morgan fingerprint density at radius 2 is 0.770 bits per heavy atom. The van der Waals surface area contributed by atoms with Gasteiger partial charge in [0.25, 0.3) is 6.29 Å². The molecule has 0 rings (SSSR count). The maximum Gasteiger partial charge on any atom is 0.361 e. The van der Waals surface area contributed by atoms with Gasteiger partial charge in [0.1, 0.15) is 13.2 Å². The van der Waals surface area contributed by atoms with E-state index in [2.05, 4.69) is 62.5 Å². The zero-order chi connectivity index (χ0) is 54.1. The molecule has 0 saturated heterocycles. The number of esters is 2. The first kappa shape index (κ1) is 71.2. The van der Waals surface area contributed by atoms with Crippen LogP contribution in [-0.2, 0) is 33.3 Å². The molecule has 432 valence electrons. The lowest BCUT2D eigenvalue weighted by molar-refractivity contribution is -0.870. The van der Waals surface area contributed by atoms with Gasteiger partial charge in [0, 0.05) is 12.8 Å². The van der Waals surface area contributed by atoms with Crippen molar-refractivity contribution in [2.75, 3.05) is 47.5 Å². The lowest BCUT2D eigenvalue weighted by Gasteiger charge is -2.25. The molecule has 0 aliphatic rings. The summed E-state index contributed by atoms with van der Waals surface area (Å²) in [6.07, 6.45) is 67.9. The summed E-state index contributed by atoms with van der Waals surface area (Å²) in [4.78, 5) is 37.4. The van der Waals surface area contributed by atoms with Crippen molar-refractivity contribution in [1.82, 2.24) is 0 Å². The van der Waals surface area contributed by atoms with Gasteiger partial charge in [-0.05, 0) is 51.4 Å². The van der Waals surface area contributed by atoms with Crippen molar-refractivity contribution >= 4 is 17.9 Å². The summed E-state index contributed by atoms with van der Waals surface area (Å²) < 4.78 is 22.9. The van der Waals surface area contributed by atoms with Crippen molar-refractivity contribution in [2.45, 2.75) is 302 Å². The standard InChI is InChI=1S/C65H119NO8/c1-6-8-10-12-14-16-18-20-22-23-24-25-26-27-28-29-30-31-32-33-34-35-36-37-38-39-40-41-42-44-46-48-50-52-54-56-63(68)74-61(60-73-65(64(69)70)71-58-57-66(3,4)5)59-72-62(67)55-53-51-49-47-45-43-21-19-17-15-13-11-9-7-2/h8,10,14,16,20,22,24-25,61,65H,6-7,9,11-13,15,17-19,21,23,26-60H2,1-5H3/p+1/b10-8-,16-14-,22-20-,25-24-. The van der Waals surface area contributed by atoms with Crippen LogP contribution in [-0.4, -0.2) is 87.4 Å². The van der Waals surface area contributed by atoms with Crippen LogP contribution >= 0.6 is 0 Å². The minimum absolute atomic E-state index is 0.176. The fraction of sp³-hybridized carbons (Fsp3) is 0.831. The lowest BCUT2D eigenvalue weighted by Crippen LogP contribution is -2.40. The van der Waals surface area contributed by atoms with E-state index in [1.165, 1.54) is 199 Å². The number of quaternary nitrogens is 1. The van der Waals surface area contributed by atoms with E-state index in [0.29, 0.717) is 17.4 Å². The summed E-state index contributed by atoms with van der Waals surface area (Å²) >= 11 is 0. The molecule has 1 N–H and O–H groups in total. The summed E-state index contributed by atoms with van der Waals surface area (Å²) in [6.45, 7) is 4.80. The van der Waals surface area contributed by atoms with Gasteiger partial charge in [-0.1, -0.05) is 274 Å². The van der Waals surface area contributed by atoms with Gasteiger partial charge in [-0.15, -0.1) is 0 Å². The average molecular weight is 1040 g/mol. The highest BCUT2D eigenvalue weighted by atomic mass is 16.7. The highest BCUT2D eigenvalue weighted by Crippen LogP contribution is 2.18. The molecule has 0 fully saturated rings. The van der Waals surface area contributed by atoms with Crippen molar-refractivity contribution in [1.29, 1.82) is 0 Å². The average Bonchev–Trinajstić information content (AvgIpc) is 3.37. The molecule has 0 radical (unpaired) electrons. The Kier molecular flexibility index (Phi) is 54.4. The Hall–Kier alpha value is -2.75. The third-order valence-corrected chi connectivity index (χ3v) is 13.8. The van der Waals surface area contributed by atoms with E-state index in [1.807, 2.05) is 21.1 Å². The fourth-order valence-electron chi connectivity index (χ4n) is 9.07. The molecule has 2 unspecified atom stereocenters. The molecule has 0 heterocycles. The minimum Gasteiger partial charge on any atom is -0.477 e. The smallest absolute Gasteiger partial charge is 0.361 e. The molecule has 0 aromatic rings. The largest absolute Gasteiger partial charge is 0.477 e. The molecule has 0 spiro atoms. The number of nitrogens with zero attached hydrogens (tertiary/aromatic N) is 1. The number of allylic oxidation sites excluding steroid dienone is 8. The van der Waals surface area contributed by atoms with Crippen LogP contribution in [0.1, 0.15) is 290 Å². The number of carboxylic acid groups (broad SMARTS) is 1. The zero-order valence-corrected chi connectivity index (χ0v) is 49.3. The number of ether oxygens (including phenoxy) is 4. The molecule has 0 aliphatic carbocycles. The first-order valence-corrected chi connectivity index (χ1v) is 31.3. The molecule has 0 amide bonds. The van der Waals surface area contributed by atoms with Gasteiger partial charge in [-0.2, -0.15) is 0 Å². The SMILES string of the molecule is CC/C=C\C/C=C\C/C=C\C/C=C\CCCCCCCCCCCCCCCCCCCCCCCCC(=O)OC(COC(=O)CCCCCCCCCCCCCCCC)COC(OCC[N+](C)(C)C)C(=O)O. The van der Waals surface area contributed by atoms with Gasteiger partial charge >= 0.3 is 17.9 Å². The normalized spacial score (nSPS) is 13.0. The van der Waals surface area contributed by atoms with Gasteiger partial charge in [0.15, 0.2) is 6.10 Å². The summed E-state index contributed by atoms with van der Waals surface area (Å²) in [5.41, 5.74) is 0. The highest BCUT2D eigenvalue weighted by molar-refractivity contribution is 5.71. The number of hydrogen-bond donors (Lipinski definition) is 1. The van der Waals surface area contributed by atoms with Crippen LogP contribution in [0.5, 0.6) is 0 Å². The molecule has 9 heteroatoms. The minimum atomic E-state index is -1.51. The molecule has 0 aromatic heterocycles. The maximum atomic E-state index is 12.9. The Balaban J connectivity index is 4.01. The molecular formula is C65H120NO8+. The predicted octanol–water partition coefficient (Wildman–Crippen LogP) is 18.6. The fourth-order valence-corrected chi connectivity index (χ4v) is 9.07. The van der Waals surface area contributed by atoms with E-state index in [0.717, 1.165) is 64.2 Å².